The summed E-state index contributed by atoms with van der Waals surface area (Å²) < 4.78 is 0. The van der Waals surface area contributed by atoms with E-state index in [1.807, 2.05) is 6.08 Å². The highest BCUT2D eigenvalue weighted by molar-refractivity contribution is 6.05. The largest absolute Gasteiger partial charge is 0.285 e. The summed E-state index contributed by atoms with van der Waals surface area (Å²) >= 11 is 0. The van der Waals surface area contributed by atoms with Crippen LogP contribution in [0.2, 0.25) is 0 Å². The van der Waals surface area contributed by atoms with Crippen LogP contribution < -0.4 is 0 Å². The first-order valence-electron chi connectivity index (χ1n) is 5.69. The molecule has 3 atom stereocenters. The minimum Gasteiger partial charge on any atom is -0.285 e. The van der Waals surface area contributed by atoms with Gasteiger partial charge in [0.15, 0.2) is 0 Å². The Labute approximate surface area is 95.8 Å². The van der Waals surface area contributed by atoms with Crippen LogP contribution in [0.4, 0.5) is 0 Å². The molecule has 0 aromatic heterocycles. The second-order valence-electron chi connectivity index (χ2n) is 4.69. The lowest BCUT2D eigenvalue weighted by Crippen LogP contribution is -2.26. The average Bonchev–Trinajstić information content (AvgIpc) is 2.53. The lowest BCUT2D eigenvalue weighted by molar-refractivity contribution is -0.138. The van der Waals surface area contributed by atoms with Crippen LogP contribution in [0.25, 0.3) is 0 Å². The summed E-state index contributed by atoms with van der Waals surface area (Å²) in [6.07, 6.45) is 5.41. The molecule has 86 valence electrons. The Balaban J connectivity index is 2.22. The van der Waals surface area contributed by atoms with Gasteiger partial charge in [0.1, 0.15) is 0 Å². The monoisotopic (exact) mass is 219 g/mol. The molecule has 1 fully saturated rings. The number of likely N-dealkylation sites (tertiary alicyclic amines) is 1. The first-order valence-corrected chi connectivity index (χ1v) is 5.69. The molecule has 0 spiro atoms. The molecule has 16 heavy (non-hydrogen) atoms. The number of hydrogen-bond donors (Lipinski definition) is 0. The third-order valence-electron chi connectivity index (χ3n) is 3.81. The maximum Gasteiger partial charge on any atom is 0.233 e. The molecule has 3 unspecified atom stereocenters. The smallest absolute Gasteiger partial charge is 0.233 e. The second-order valence-corrected chi connectivity index (χ2v) is 4.69. The molecular weight excluding hydrogens is 202 g/mol. The van der Waals surface area contributed by atoms with Crippen LogP contribution in [0.3, 0.4) is 0 Å². The van der Waals surface area contributed by atoms with Crippen molar-refractivity contribution in [2.45, 2.75) is 19.8 Å². The Bertz CT molecular complexity index is 383. The molecule has 2 aliphatic rings. The maximum atomic E-state index is 11.9. The van der Waals surface area contributed by atoms with Gasteiger partial charge in [-0.1, -0.05) is 24.6 Å². The molecule has 1 aliphatic heterocycles. The Morgan fingerprint density at radius 3 is 2.69 bits per heavy atom. The lowest BCUT2D eigenvalue weighted by Gasteiger charge is -2.24. The third kappa shape index (κ3) is 1.51. The molecule has 0 bridgehead atoms. The van der Waals surface area contributed by atoms with Gasteiger partial charge in [0.25, 0.3) is 0 Å². The molecule has 1 aliphatic carbocycles. The molecule has 0 aromatic carbocycles. The standard InChI is InChI=1S/C13H17NO2/c1-4-8(2)9-5-6-10-11(7-9)13(16)14(3)12(10)15/h4-5,8,10-11H,1,6-7H2,2-3H3. The van der Waals surface area contributed by atoms with Crippen molar-refractivity contribution in [3.8, 4) is 0 Å². The van der Waals surface area contributed by atoms with Crippen molar-refractivity contribution >= 4 is 11.8 Å². The molecule has 0 N–H and O–H groups in total. The summed E-state index contributed by atoms with van der Waals surface area (Å²) in [5, 5.41) is 0. The van der Waals surface area contributed by atoms with Crippen LogP contribution in [0.1, 0.15) is 19.8 Å². The Hall–Kier alpha value is -1.38. The van der Waals surface area contributed by atoms with E-state index < -0.39 is 0 Å². The fourth-order valence-electron chi connectivity index (χ4n) is 2.58. The van der Waals surface area contributed by atoms with Gasteiger partial charge in [-0.3, -0.25) is 14.5 Å². The fraction of sp³-hybridized carbons (Fsp3) is 0.538. The van der Waals surface area contributed by atoms with Crippen molar-refractivity contribution in [2.75, 3.05) is 7.05 Å². The minimum absolute atomic E-state index is 0.0168. The van der Waals surface area contributed by atoms with E-state index in [0.29, 0.717) is 18.8 Å². The molecule has 2 rings (SSSR count). The predicted molar refractivity (Wildman–Crippen MR) is 61.4 cm³/mol. The highest BCUT2D eigenvalue weighted by Gasteiger charge is 2.46. The van der Waals surface area contributed by atoms with Crippen molar-refractivity contribution in [3.63, 3.8) is 0 Å². The molecule has 1 saturated heterocycles. The quantitative estimate of drug-likeness (QED) is 0.524. The van der Waals surface area contributed by atoms with Gasteiger partial charge in [0.2, 0.25) is 11.8 Å². The Morgan fingerprint density at radius 2 is 2.06 bits per heavy atom. The summed E-state index contributed by atoms with van der Waals surface area (Å²) in [4.78, 5) is 24.9. The van der Waals surface area contributed by atoms with Crippen LogP contribution in [0, 0.1) is 17.8 Å². The van der Waals surface area contributed by atoms with E-state index >= 15 is 0 Å². The summed E-state index contributed by atoms with van der Waals surface area (Å²) in [7, 11) is 1.58. The van der Waals surface area contributed by atoms with Gasteiger partial charge in [-0.2, -0.15) is 0 Å². The first-order chi connectivity index (χ1) is 7.56. The number of allylic oxidation sites excluding steroid dienone is 3. The van der Waals surface area contributed by atoms with E-state index in [0.717, 1.165) is 0 Å². The topological polar surface area (TPSA) is 37.4 Å². The van der Waals surface area contributed by atoms with E-state index in [4.69, 9.17) is 0 Å². The van der Waals surface area contributed by atoms with Crippen LogP contribution in [0.15, 0.2) is 24.3 Å². The van der Waals surface area contributed by atoms with Crippen LogP contribution in [-0.4, -0.2) is 23.8 Å². The van der Waals surface area contributed by atoms with Gasteiger partial charge in [0, 0.05) is 7.05 Å². The average molecular weight is 219 g/mol. The predicted octanol–water partition coefficient (Wildman–Crippen LogP) is 1.76. The molecule has 0 radical (unpaired) electrons. The van der Waals surface area contributed by atoms with Crippen molar-refractivity contribution in [1.82, 2.24) is 4.90 Å². The molecule has 3 nitrogen and oxygen atoms in total. The summed E-state index contributed by atoms with van der Waals surface area (Å²) in [6, 6.07) is 0. The van der Waals surface area contributed by atoms with Crippen molar-refractivity contribution in [2.24, 2.45) is 17.8 Å². The Morgan fingerprint density at radius 1 is 1.44 bits per heavy atom. The SMILES string of the molecule is C=CC(C)C1=CCC2C(=O)N(C)C(=O)C2C1. The van der Waals surface area contributed by atoms with Crippen LogP contribution in [-0.2, 0) is 9.59 Å². The van der Waals surface area contributed by atoms with Crippen molar-refractivity contribution < 1.29 is 9.59 Å². The van der Waals surface area contributed by atoms with Gasteiger partial charge < -0.3 is 0 Å². The summed E-state index contributed by atoms with van der Waals surface area (Å²) in [6.45, 7) is 5.84. The normalized spacial score (nSPS) is 31.1. The summed E-state index contributed by atoms with van der Waals surface area (Å²) in [5.41, 5.74) is 1.24. The molecule has 3 heteroatoms. The minimum atomic E-state index is -0.125. The molecule has 1 heterocycles. The zero-order valence-electron chi connectivity index (χ0n) is 9.77. The molecular formula is C13H17NO2. The van der Waals surface area contributed by atoms with E-state index in [1.165, 1.54) is 10.5 Å². The lowest BCUT2D eigenvalue weighted by atomic mass is 9.78. The molecule has 0 aromatic rings. The number of hydrogen-bond acceptors (Lipinski definition) is 2. The van der Waals surface area contributed by atoms with Crippen molar-refractivity contribution in [3.05, 3.63) is 24.3 Å². The Kier molecular flexibility index (Phi) is 2.70. The zero-order chi connectivity index (χ0) is 11.9. The second kappa shape index (κ2) is 3.89. The zero-order valence-corrected chi connectivity index (χ0v) is 9.77. The van der Waals surface area contributed by atoms with Crippen molar-refractivity contribution in [1.29, 1.82) is 0 Å². The van der Waals surface area contributed by atoms with E-state index in [1.54, 1.807) is 7.05 Å². The number of fused-ring (bicyclic) bond motifs is 1. The van der Waals surface area contributed by atoms with E-state index in [2.05, 4.69) is 19.6 Å². The number of carbonyl (C=O) groups is 2. The summed E-state index contributed by atoms with van der Waals surface area (Å²) in [5.74, 6) is 0.0290. The number of nitrogens with zero attached hydrogens (tertiary/aromatic N) is 1. The van der Waals surface area contributed by atoms with Gasteiger partial charge in [0.05, 0.1) is 11.8 Å². The van der Waals surface area contributed by atoms with Gasteiger partial charge in [-0.25, -0.2) is 0 Å². The van der Waals surface area contributed by atoms with E-state index in [-0.39, 0.29) is 23.7 Å². The number of imide groups is 1. The van der Waals surface area contributed by atoms with Gasteiger partial charge >= 0.3 is 0 Å². The highest BCUT2D eigenvalue weighted by atomic mass is 16.2. The van der Waals surface area contributed by atoms with Gasteiger partial charge in [-0.05, 0) is 18.8 Å². The third-order valence-corrected chi connectivity index (χ3v) is 3.81. The molecule has 2 amide bonds. The first kappa shape index (κ1) is 11.1. The highest BCUT2D eigenvalue weighted by Crippen LogP contribution is 2.39. The number of rotatable bonds is 2. The van der Waals surface area contributed by atoms with Gasteiger partial charge in [-0.15, -0.1) is 6.58 Å². The molecule has 0 saturated carbocycles. The number of amides is 2. The van der Waals surface area contributed by atoms with E-state index in [9.17, 15) is 9.59 Å². The maximum absolute atomic E-state index is 11.9. The van der Waals surface area contributed by atoms with Crippen LogP contribution in [0.5, 0.6) is 0 Å². The number of carbonyl (C=O) groups excluding carboxylic acids is 2. The fourth-order valence-corrected chi connectivity index (χ4v) is 2.58. The van der Waals surface area contributed by atoms with Crippen LogP contribution >= 0.6 is 0 Å².